The van der Waals surface area contributed by atoms with Crippen LogP contribution in [0.25, 0.3) is 5.69 Å². The van der Waals surface area contributed by atoms with Gasteiger partial charge in [-0.05, 0) is 24.3 Å². The number of nitriles is 1. The van der Waals surface area contributed by atoms with E-state index in [1.165, 1.54) is 6.92 Å². The zero-order chi connectivity index (χ0) is 27.5. The Bertz CT molecular complexity index is 1630. The van der Waals surface area contributed by atoms with Crippen LogP contribution in [0.5, 0.6) is 5.75 Å². The number of halogens is 1. The average Bonchev–Trinajstić information content (AvgIpc) is 3.26. The lowest BCUT2D eigenvalue weighted by Crippen LogP contribution is -2.21. The molecule has 15 nitrogen and oxygen atoms in total. The van der Waals surface area contributed by atoms with Crippen LogP contribution in [0, 0.1) is 21.4 Å². The van der Waals surface area contributed by atoms with Gasteiger partial charge < -0.3 is 10.4 Å². The van der Waals surface area contributed by atoms with Crippen LogP contribution in [0.15, 0.2) is 51.7 Å². The molecular formula is C20H15ClN8O7S. The number of carbonyl (C=O) groups is 2. The predicted octanol–water partition coefficient (Wildman–Crippen LogP) is 2.99. The number of rotatable bonds is 8. The van der Waals surface area contributed by atoms with Gasteiger partial charge in [0.2, 0.25) is 15.8 Å². The Hall–Kier alpha value is -4.72. The molecule has 0 saturated heterocycles. The number of hydrogen-bond donors (Lipinski definition) is 3. The van der Waals surface area contributed by atoms with Crippen LogP contribution in [-0.4, -0.2) is 39.9 Å². The maximum atomic E-state index is 11.9. The van der Waals surface area contributed by atoms with Crippen molar-refractivity contribution in [3.05, 3.63) is 57.2 Å². The first kappa shape index (κ1) is 26.9. The molecule has 0 atom stereocenters. The summed E-state index contributed by atoms with van der Waals surface area (Å²) in [5.74, 6) is -2.56. The fourth-order valence-electron chi connectivity index (χ4n) is 2.89. The molecule has 3 aromatic rings. The summed E-state index contributed by atoms with van der Waals surface area (Å²) in [6.45, 7) is 1.47. The Morgan fingerprint density at radius 1 is 1.32 bits per heavy atom. The van der Waals surface area contributed by atoms with Gasteiger partial charge in [-0.25, -0.2) is 18.2 Å². The van der Waals surface area contributed by atoms with Crippen molar-refractivity contribution in [2.24, 2.45) is 15.4 Å². The minimum Gasteiger partial charge on any atom is -0.504 e. The fraction of sp³-hybridized carbons (Fsp3) is 0.100. The van der Waals surface area contributed by atoms with Crippen LogP contribution in [0.4, 0.5) is 22.9 Å². The topological polar surface area (TPSA) is 236 Å². The lowest BCUT2D eigenvalue weighted by molar-refractivity contribution is -0.384. The first-order valence-corrected chi connectivity index (χ1v) is 11.9. The molecule has 17 heteroatoms. The zero-order valence-electron chi connectivity index (χ0n) is 18.6. The number of amides is 1. The van der Waals surface area contributed by atoms with E-state index < -0.39 is 43.0 Å². The van der Waals surface area contributed by atoms with Gasteiger partial charge in [-0.2, -0.15) is 10.4 Å². The minimum absolute atomic E-state index is 0.0437. The Balaban J connectivity index is 2.10. The number of aromatic hydroxyl groups is 1. The van der Waals surface area contributed by atoms with Crippen molar-refractivity contribution in [1.82, 2.24) is 9.78 Å². The lowest BCUT2D eigenvalue weighted by Gasteiger charge is -2.09. The molecule has 0 bridgehead atoms. The summed E-state index contributed by atoms with van der Waals surface area (Å²) in [4.78, 5) is 33.7. The van der Waals surface area contributed by atoms with Gasteiger partial charge in [0, 0.05) is 12.5 Å². The molecule has 0 aliphatic carbocycles. The Morgan fingerprint density at radius 2 is 2.03 bits per heavy atom. The second kappa shape index (κ2) is 10.5. The van der Waals surface area contributed by atoms with Crippen molar-refractivity contribution in [3.8, 4) is 17.5 Å². The number of hydrogen-bond acceptors (Lipinski definition) is 11. The number of aromatic nitrogens is 2. The normalized spacial score (nSPS) is 11.3. The van der Waals surface area contributed by atoms with E-state index in [4.69, 9.17) is 16.7 Å². The highest BCUT2D eigenvalue weighted by Crippen LogP contribution is 2.37. The molecule has 2 aromatic carbocycles. The van der Waals surface area contributed by atoms with Crippen molar-refractivity contribution < 1.29 is 28.0 Å². The number of nitro benzene ring substituents is 1. The Morgan fingerprint density at radius 3 is 2.62 bits per heavy atom. The van der Waals surface area contributed by atoms with Crippen molar-refractivity contribution in [1.29, 1.82) is 5.26 Å². The molecule has 37 heavy (non-hydrogen) atoms. The van der Waals surface area contributed by atoms with E-state index in [2.05, 4.69) is 20.6 Å². The van der Waals surface area contributed by atoms with Crippen molar-refractivity contribution in [2.45, 2.75) is 18.2 Å². The van der Waals surface area contributed by atoms with Crippen molar-refractivity contribution >= 4 is 56.2 Å². The van der Waals surface area contributed by atoms with Crippen LogP contribution < -0.4 is 10.5 Å². The molecule has 4 N–H and O–H groups in total. The number of sulfonamides is 1. The third kappa shape index (κ3) is 5.75. The maximum Gasteiger partial charge on any atom is 0.296 e. The smallest absolute Gasteiger partial charge is 0.296 e. The largest absolute Gasteiger partial charge is 0.504 e. The van der Waals surface area contributed by atoms with E-state index in [-0.39, 0.29) is 39.9 Å². The molecule has 190 valence electrons. The van der Waals surface area contributed by atoms with E-state index >= 15 is 0 Å². The number of benzene rings is 2. The molecule has 3 rings (SSSR count). The first-order chi connectivity index (χ1) is 17.4. The van der Waals surface area contributed by atoms with E-state index in [1.54, 1.807) is 6.07 Å². The van der Waals surface area contributed by atoms with Crippen LogP contribution in [-0.2, 0) is 19.6 Å². The second-order valence-corrected chi connectivity index (χ2v) is 9.08. The van der Waals surface area contributed by atoms with E-state index in [0.717, 1.165) is 41.2 Å². The number of nitro groups is 1. The number of primary sulfonamides is 1. The highest BCUT2D eigenvalue weighted by molar-refractivity contribution is 7.89. The molecule has 0 fully saturated rings. The lowest BCUT2D eigenvalue weighted by atomic mass is 10.2. The number of nitrogens with zero attached hydrogens (tertiary/aromatic N) is 6. The highest BCUT2D eigenvalue weighted by Gasteiger charge is 2.24. The summed E-state index contributed by atoms with van der Waals surface area (Å²) in [5, 5.41) is 49.9. The van der Waals surface area contributed by atoms with Crippen LogP contribution >= 0.6 is 11.6 Å². The van der Waals surface area contributed by atoms with E-state index in [0.29, 0.717) is 0 Å². The highest BCUT2D eigenvalue weighted by atomic mass is 35.5. The van der Waals surface area contributed by atoms with Gasteiger partial charge >= 0.3 is 0 Å². The summed E-state index contributed by atoms with van der Waals surface area (Å²) in [6, 6.07) is 6.90. The monoisotopic (exact) mass is 546 g/mol. The molecule has 1 heterocycles. The number of phenols is 1. The number of Topliss-reactive ketones (excluding diaryl/α,β-unsaturated/α-hetero) is 1. The number of anilines is 1. The molecule has 1 amide bonds. The predicted molar refractivity (Wildman–Crippen MR) is 128 cm³/mol. The fourth-order valence-corrected chi connectivity index (χ4v) is 3.64. The third-order valence-corrected chi connectivity index (χ3v) is 5.89. The number of azo groups is 1. The van der Waals surface area contributed by atoms with Crippen LogP contribution in [0.3, 0.4) is 0 Å². The van der Waals surface area contributed by atoms with Gasteiger partial charge in [0.15, 0.2) is 11.6 Å². The maximum absolute atomic E-state index is 11.9. The molecule has 0 aliphatic heterocycles. The Labute approximate surface area is 213 Å². The number of nitrogens with two attached hydrogens (primary N) is 1. The molecule has 0 saturated carbocycles. The minimum atomic E-state index is -4.25. The average molecular weight is 547 g/mol. The standard InChI is InChI=1S/C20H15ClN8O7S/c1-2-17(30)20(32)25-14-6-11(5-13(21)18(14)31)26-27-19-10(8-22)9-24-28(19)15-4-3-12(37(23,35)36)7-16(15)29(33)34/h3-7,9,31H,2H2,1H3,(H,25,32)(H2,23,35,36)/b27-26+. The molecule has 1 aromatic heterocycles. The SMILES string of the molecule is CCC(=O)C(=O)Nc1cc(/N=N/c2c(C#N)cnn2-c2ccc(S(N)(=O)=O)cc2[N+](=O)[O-])cc(Cl)c1O. The summed E-state index contributed by atoms with van der Waals surface area (Å²) < 4.78 is 24.1. The van der Waals surface area contributed by atoms with Crippen molar-refractivity contribution in [2.75, 3.05) is 5.32 Å². The third-order valence-electron chi connectivity index (χ3n) is 4.70. The van der Waals surface area contributed by atoms with Crippen LogP contribution in [0.2, 0.25) is 5.02 Å². The summed E-state index contributed by atoms with van der Waals surface area (Å²) >= 11 is 5.98. The van der Waals surface area contributed by atoms with Gasteiger partial charge in [0.25, 0.3) is 11.6 Å². The van der Waals surface area contributed by atoms with Crippen molar-refractivity contribution in [3.63, 3.8) is 0 Å². The van der Waals surface area contributed by atoms with Gasteiger partial charge in [-0.1, -0.05) is 18.5 Å². The zero-order valence-corrected chi connectivity index (χ0v) is 20.2. The number of nitrogens with one attached hydrogen (secondary N) is 1. The summed E-state index contributed by atoms with van der Waals surface area (Å²) in [6.07, 6.45) is 0.975. The van der Waals surface area contributed by atoms with E-state index in [1.807, 2.05) is 0 Å². The molecule has 0 spiro atoms. The van der Waals surface area contributed by atoms with Gasteiger partial charge in [-0.15, -0.1) is 10.2 Å². The number of phenolic OH excluding ortho intramolecular Hbond substituents is 1. The van der Waals surface area contributed by atoms with E-state index in [9.17, 15) is 38.5 Å². The summed E-state index contributed by atoms with van der Waals surface area (Å²) in [5.41, 5.74) is -1.38. The molecule has 0 aliphatic rings. The summed E-state index contributed by atoms with van der Waals surface area (Å²) in [7, 11) is -4.25. The molecule has 0 radical (unpaired) electrons. The van der Waals surface area contributed by atoms with Crippen LogP contribution in [0.1, 0.15) is 18.9 Å². The quantitative estimate of drug-likeness (QED) is 0.123. The Kier molecular flexibility index (Phi) is 7.62. The first-order valence-electron chi connectivity index (χ1n) is 9.95. The van der Waals surface area contributed by atoms with Gasteiger partial charge in [-0.3, -0.25) is 19.7 Å². The number of carbonyl (C=O) groups excluding carboxylic acids is 2. The molecule has 0 unspecified atom stereocenters. The second-order valence-electron chi connectivity index (χ2n) is 7.11. The number of ketones is 1. The molecular weight excluding hydrogens is 532 g/mol. The van der Waals surface area contributed by atoms with Gasteiger partial charge in [0.05, 0.1) is 32.4 Å². The van der Waals surface area contributed by atoms with Gasteiger partial charge in [0.1, 0.15) is 17.3 Å².